The first kappa shape index (κ1) is 12.2. The van der Waals surface area contributed by atoms with Crippen LogP contribution in [0.15, 0.2) is 6.07 Å². The lowest BCUT2D eigenvalue weighted by Gasteiger charge is -2.16. The van der Waals surface area contributed by atoms with Gasteiger partial charge in [-0.1, -0.05) is 0 Å². The number of amides is 1. The molecule has 1 aromatic heterocycles. The predicted octanol–water partition coefficient (Wildman–Crippen LogP) is 2.92. The van der Waals surface area contributed by atoms with E-state index in [0.717, 1.165) is 37.2 Å². The molecular formula is C14H22N2O. The molecule has 1 amide bonds. The van der Waals surface area contributed by atoms with Gasteiger partial charge in [0.05, 0.1) is 5.56 Å². The zero-order chi connectivity index (χ0) is 12.6. The van der Waals surface area contributed by atoms with Crippen LogP contribution in [0.2, 0.25) is 0 Å². The first-order chi connectivity index (χ1) is 8.02. The van der Waals surface area contributed by atoms with Gasteiger partial charge in [-0.3, -0.25) is 4.79 Å². The van der Waals surface area contributed by atoms with E-state index in [-0.39, 0.29) is 5.91 Å². The van der Waals surface area contributed by atoms with Crippen LogP contribution in [0.3, 0.4) is 0 Å². The average Bonchev–Trinajstić information content (AvgIpc) is 2.85. The Balaban J connectivity index is 2.32. The fraction of sp³-hybridized carbons (Fsp3) is 0.643. The summed E-state index contributed by atoms with van der Waals surface area (Å²) in [6.45, 7) is 10.3. The van der Waals surface area contributed by atoms with Crippen LogP contribution in [-0.4, -0.2) is 28.5 Å². The monoisotopic (exact) mass is 234 g/mol. The summed E-state index contributed by atoms with van der Waals surface area (Å²) < 4.78 is 2.24. The molecule has 0 unspecified atom stereocenters. The summed E-state index contributed by atoms with van der Waals surface area (Å²) >= 11 is 0. The lowest BCUT2D eigenvalue weighted by molar-refractivity contribution is 0.0792. The Morgan fingerprint density at radius 3 is 2.29 bits per heavy atom. The summed E-state index contributed by atoms with van der Waals surface area (Å²) in [7, 11) is 0. The van der Waals surface area contributed by atoms with Crippen molar-refractivity contribution in [2.75, 3.05) is 13.1 Å². The maximum Gasteiger partial charge on any atom is 0.255 e. The zero-order valence-electron chi connectivity index (χ0n) is 11.3. The van der Waals surface area contributed by atoms with Gasteiger partial charge in [0.1, 0.15) is 0 Å². The minimum atomic E-state index is 0.211. The number of nitrogens with zero attached hydrogens (tertiary/aromatic N) is 2. The molecule has 0 aromatic carbocycles. The van der Waals surface area contributed by atoms with Crippen LogP contribution in [0.5, 0.6) is 0 Å². The Morgan fingerprint density at radius 1 is 1.24 bits per heavy atom. The highest BCUT2D eigenvalue weighted by atomic mass is 16.2. The molecular weight excluding hydrogens is 212 g/mol. The zero-order valence-corrected chi connectivity index (χ0v) is 11.3. The Morgan fingerprint density at radius 2 is 1.82 bits per heavy atom. The van der Waals surface area contributed by atoms with Gasteiger partial charge in [-0.25, -0.2) is 0 Å². The highest BCUT2D eigenvalue weighted by molar-refractivity contribution is 5.95. The number of likely N-dealkylation sites (tertiary alicyclic amines) is 1. The van der Waals surface area contributed by atoms with Gasteiger partial charge in [0.15, 0.2) is 0 Å². The van der Waals surface area contributed by atoms with Crippen LogP contribution in [-0.2, 0) is 0 Å². The van der Waals surface area contributed by atoms with Crippen LogP contribution in [0.25, 0.3) is 0 Å². The number of aryl methyl sites for hydroxylation is 1. The van der Waals surface area contributed by atoms with Gasteiger partial charge >= 0.3 is 0 Å². The molecule has 0 aliphatic carbocycles. The van der Waals surface area contributed by atoms with Crippen molar-refractivity contribution in [2.24, 2.45) is 0 Å². The molecule has 1 saturated heterocycles. The van der Waals surface area contributed by atoms with E-state index in [9.17, 15) is 4.79 Å². The van der Waals surface area contributed by atoms with Crippen LogP contribution >= 0.6 is 0 Å². The fourth-order valence-corrected chi connectivity index (χ4v) is 2.88. The average molecular weight is 234 g/mol. The summed E-state index contributed by atoms with van der Waals surface area (Å²) in [6.07, 6.45) is 2.29. The Hall–Kier alpha value is -1.25. The van der Waals surface area contributed by atoms with Crippen molar-refractivity contribution < 1.29 is 4.79 Å². The summed E-state index contributed by atoms with van der Waals surface area (Å²) in [6, 6.07) is 2.45. The predicted molar refractivity (Wildman–Crippen MR) is 69.4 cm³/mol. The number of carbonyl (C=O) groups excluding carboxylic acids is 1. The Kier molecular flexibility index (Phi) is 3.27. The van der Waals surface area contributed by atoms with Crippen LogP contribution in [0, 0.1) is 13.8 Å². The Bertz CT molecular complexity index is 426. The van der Waals surface area contributed by atoms with Gasteiger partial charge in [0.2, 0.25) is 0 Å². The molecule has 0 N–H and O–H groups in total. The van der Waals surface area contributed by atoms with Gasteiger partial charge in [0, 0.05) is 30.5 Å². The molecule has 0 bridgehead atoms. The molecule has 0 atom stereocenters. The topological polar surface area (TPSA) is 25.2 Å². The van der Waals surface area contributed by atoms with E-state index >= 15 is 0 Å². The maximum atomic E-state index is 12.4. The summed E-state index contributed by atoms with van der Waals surface area (Å²) in [5.41, 5.74) is 3.17. The number of rotatable bonds is 2. The van der Waals surface area contributed by atoms with Crippen molar-refractivity contribution >= 4 is 5.91 Å². The summed E-state index contributed by atoms with van der Waals surface area (Å²) in [4.78, 5) is 14.3. The van der Waals surface area contributed by atoms with Crippen molar-refractivity contribution in [3.05, 3.63) is 23.0 Å². The van der Waals surface area contributed by atoms with Crippen LogP contribution in [0.1, 0.15) is 54.5 Å². The second-order valence-electron chi connectivity index (χ2n) is 5.25. The summed E-state index contributed by atoms with van der Waals surface area (Å²) in [5.74, 6) is 0.211. The van der Waals surface area contributed by atoms with Crippen LogP contribution < -0.4 is 0 Å². The first-order valence-corrected chi connectivity index (χ1v) is 6.50. The van der Waals surface area contributed by atoms with E-state index in [1.54, 1.807) is 0 Å². The normalized spacial score (nSPS) is 15.9. The van der Waals surface area contributed by atoms with E-state index in [0.29, 0.717) is 6.04 Å². The molecule has 1 aliphatic rings. The molecule has 1 fully saturated rings. The third-order valence-electron chi connectivity index (χ3n) is 3.62. The third kappa shape index (κ3) is 2.11. The van der Waals surface area contributed by atoms with Crippen molar-refractivity contribution in [3.8, 4) is 0 Å². The maximum absolute atomic E-state index is 12.4. The molecule has 2 heterocycles. The number of aromatic nitrogens is 1. The first-order valence-electron chi connectivity index (χ1n) is 6.50. The molecule has 17 heavy (non-hydrogen) atoms. The second kappa shape index (κ2) is 4.55. The molecule has 0 saturated carbocycles. The largest absolute Gasteiger partial charge is 0.346 e. The third-order valence-corrected chi connectivity index (χ3v) is 3.62. The molecule has 1 aromatic rings. The lowest BCUT2D eigenvalue weighted by atomic mass is 10.2. The highest BCUT2D eigenvalue weighted by Gasteiger charge is 2.23. The number of hydrogen-bond donors (Lipinski definition) is 0. The van der Waals surface area contributed by atoms with Crippen LogP contribution in [0.4, 0.5) is 0 Å². The summed E-state index contributed by atoms with van der Waals surface area (Å²) in [5, 5.41) is 0. The van der Waals surface area contributed by atoms with Gasteiger partial charge in [-0.05, 0) is 46.6 Å². The van der Waals surface area contributed by atoms with Crippen molar-refractivity contribution in [1.29, 1.82) is 0 Å². The van der Waals surface area contributed by atoms with Gasteiger partial charge in [-0.2, -0.15) is 0 Å². The van der Waals surface area contributed by atoms with E-state index in [2.05, 4.69) is 32.3 Å². The molecule has 2 rings (SSSR count). The Labute approximate surface area is 103 Å². The lowest BCUT2D eigenvalue weighted by Crippen LogP contribution is -2.28. The van der Waals surface area contributed by atoms with Gasteiger partial charge in [-0.15, -0.1) is 0 Å². The van der Waals surface area contributed by atoms with E-state index in [1.165, 1.54) is 5.69 Å². The van der Waals surface area contributed by atoms with E-state index in [4.69, 9.17) is 0 Å². The SMILES string of the molecule is Cc1cc(C(=O)N2CCCC2)c(C)n1C(C)C. The van der Waals surface area contributed by atoms with Crippen molar-refractivity contribution in [2.45, 2.75) is 46.6 Å². The smallest absolute Gasteiger partial charge is 0.255 e. The number of carbonyl (C=O) groups is 1. The van der Waals surface area contributed by atoms with Gasteiger partial charge in [0.25, 0.3) is 5.91 Å². The number of hydrogen-bond acceptors (Lipinski definition) is 1. The molecule has 0 spiro atoms. The van der Waals surface area contributed by atoms with E-state index in [1.807, 2.05) is 11.0 Å². The van der Waals surface area contributed by atoms with Crippen molar-refractivity contribution in [1.82, 2.24) is 9.47 Å². The molecule has 0 radical (unpaired) electrons. The quantitative estimate of drug-likeness (QED) is 0.772. The minimum absolute atomic E-state index is 0.211. The molecule has 3 heteroatoms. The fourth-order valence-electron chi connectivity index (χ4n) is 2.88. The van der Waals surface area contributed by atoms with Crippen molar-refractivity contribution in [3.63, 3.8) is 0 Å². The van der Waals surface area contributed by atoms with E-state index < -0.39 is 0 Å². The molecule has 3 nitrogen and oxygen atoms in total. The minimum Gasteiger partial charge on any atom is -0.346 e. The highest BCUT2D eigenvalue weighted by Crippen LogP contribution is 2.22. The standard InChI is InChI=1S/C14H22N2O/c1-10(2)16-11(3)9-13(12(16)4)14(17)15-7-5-6-8-15/h9-10H,5-8H2,1-4H3. The second-order valence-corrected chi connectivity index (χ2v) is 5.25. The molecule has 1 aliphatic heterocycles. The van der Waals surface area contributed by atoms with Gasteiger partial charge < -0.3 is 9.47 Å². The molecule has 94 valence electrons.